The second-order valence-electron chi connectivity index (χ2n) is 4.22. The Kier molecular flexibility index (Phi) is 4.90. The van der Waals surface area contributed by atoms with Crippen molar-refractivity contribution in [3.63, 3.8) is 0 Å². The third kappa shape index (κ3) is 3.24. The van der Waals surface area contributed by atoms with Crippen LogP contribution in [-0.4, -0.2) is 31.0 Å². The van der Waals surface area contributed by atoms with Crippen LogP contribution in [0.4, 0.5) is 0 Å². The summed E-state index contributed by atoms with van der Waals surface area (Å²) in [5, 5.41) is 11.4. The van der Waals surface area contributed by atoms with Gasteiger partial charge >= 0.3 is 0 Å². The van der Waals surface area contributed by atoms with E-state index in [-0.39, 0.29) is 6.04 Å². The van der Waals surface area contributed by atoms with E-state index in [1.165, 1.54) is 0 Å². The van der Waals surface area contributed by atoms with Crippen molar-refractivity contribution in [2.75, 3.05) is 20.8 Å². The largest absolute Gasteiger partial charge is 0.494 e. The molecule has 2 aromatic rings. The van der Waals surface area contributed by atoms with Gasteiger partial charge in [0.1, 0.15) is 5.75 Å². The molecule has 0 fully saturated rings. The lowest BCUT2D eigenvalue weighted by molar-refractivity contribution is 0.340. The van der Waals surface area contributed by atoms with E-state index >= 15 is 0 Å². The molecule has 0 aliphatic carbocycles. The average Bonchev–Trinajstić information content (AvgIpc) is 2.51. The molecule has 20 heavy (non-hydrogen) atoms. The van der Waals surface area contributed by atoms with Crippen LogP contribution in [0.5, 0.6) is 11.6 Å². The summed E-state index contributed by atoms with van der Waals surface area (Å²) in [5.41, 5.74) is 1.95. The van der Waals surface area contributed by atoms with Crippen LogP contribution >= 0.6 is 0 Å². The summed E-state index contributed by atoms with van der Waals surface area (Å²) in [7, 11) is 3.47. The van der Waals surface area contributed by atoms with Crippen LogP contribution in [0, 0.1) is 0 Å². The molecule has 1 aromatic heterocycles. The van der Waals surface area contributed by atoms with Crippen LogP contribution in [0.15, 0.2) is 36.4 Å². The van der Waals surface area contributed by atoms with E-state index in [1.807, 2.05) is 44.3 Å². The Bertz CT molecular complexity index is 526. The van der Waals surface area contributed by atoms with Gasteiger partial charge in [-0.2, -0.15) is 0 Å². The van der Waals surface area contributed by atoms with Crippen molar-refractivity contribution in [2.24, 2.45) is 0 Å². The average molecular weight is 273 g/mol. The van der Waals surface area contributed by atoms with Crippen LogP contribution in [0.2, 0.25) is 0 Å². The van der Waals surface area contributed by atoms with Crippen LogP contribution in [0.3, 0.4) is 0 Å². The lowest BCUT2D eigenvalue weighted by atomic mass is 10.0. The lowest BCUT2D eigenvalue weighted by Crippen LogP contribution is -2.19. The van der Waals surface area contributed by atoms with Gasteiger partial charge in [-0.3, -0.25) is 0 Å². The number of ether oxygens (including phenoxy) is 2. The molecule has 0 amide bonds. The molecule has 0 bridgehead atoms. The first kappa shape index (κ1) is 14.3. The number of aromatic nitrogens is 2. The predicted octanol–water partition coefficient (Wildman–Crippen LogP) is 2.19. The Balaban J connectivity index is 2.21. The van der Waals surface area contributed by atoms with Crippen molar-refractivity contribution in [1.29, 1.82) is 0 Å². The maximum Gasteiger partial charge on any atom is 0.233 e. The highest BCUT2D eigenvalue weighted by Crippen LogP contribution is 2.22. The van der Waals surface area contributed by atoms with Gasteiger partial charge in [-0.15, -0.1) is 10.2 Å². The second kappa shape index (κ2) is 6.86. The van der Waals surface area contributed by atoms with E-state index < -0.39 is 0 Å². The summed E-state index contributed by atoms with van der Waals surface area (Å²) in [4.78, 5) is 0. The van der Waals surface area contributed by atoms with Crippen molar-refractivity contribution in [3.8, 4) is 11.6 Å². The summed E-state index contributed by atoms with van der Waals surface area (Å²) >= 11 is 0. The molecule has 1 aromatic carbocycles. The molecule has 1 heterocycles. The highest BCUT2D eigenvalue weighted by Gasteiger charge is 2.14. The zero-order valence-corrected chi connectivity index (χ0v) is 12.0. The minimum atomic E-state index is -0.0101. The summed E-state index contributed by atoms with van der Waals surface area (Å²) in [5.74, 6) is 1.38. The van der Waals surface area contributed by atoms with Gasteiger partial charge in [0, 0.05) is 6.07 Å². The van der Waals surface area contributed by atoms with Gasteiger partial charge < -0.3 is 14.8 Å². The number of methoxy groups -OCH3 is 1. The number of nitrogens with one attached hydrogen (secondary N) is 1. The van der Waals surface area contributed by atoms with Crippen molar-refractivity contribution in [1.82, 2.24) is 15.5 Å². The molecule has 1 atom stereocenters. The summed E-state index contributed by atoms with van der Waals surface area (Å²) in [6, 6.07) is 11.7. The molecule has 0 saturated heterocycles. The summed E-state index contributed by atoms with van der Waals surface area (Å²) < 4.78 is 10.5. The molecule has 1 N–H and O–H groups in total. The minimum Gasteiger partial charge on any atom is -0.494 e. The SMILES string of the molecule is CCOc1ccc(C(NC)c2ccc(OC)nn2)cc1. The van der Waals surface area contributed by atoms with E-state index in [0.717, 1.165) is 17.0 Å². The lowest BCUT2D eigenvalue weighted by Gasteiger charge is -2.16. The molecule has 0 radical (unpaired) electrons. The van der Waals surface area contributed by atoms with Gasteiger partial charge in [-0.05, 0) is 37.7 Å². The van der Waals surface area contributed by atoms with Gasteiger partial charge in [0.15, 0.2) is 0 Å². The van der Waals surface area contributed by atoms with E-state index in [1.54, 1.807) is 13.2 Å². The molecule has 106 valence electrons. The maximum absolute atomic E-state index is 5.45. The molecular formula is C15H19N3O2. The topological polar surface area (TPSA) is 56.3 Å². The van der Waals surface area contributed by atoms with Crippen molar-refractivity contribution in [2.45, 2.75) is 13.0 Å². The third-order valence-electron chi connectivity index (χ3n) is 2.98. The fourth-order valence-electron chi connectivity index (χ4n) is 2.00. The summed E-state index contributed by atoms with van der Waals surface area (Å²) in [6.45, 7) is 2.63. The highest BCUT2D eigenvalue weighted by atomic mass is 16.5. The number of hydrogen-bond acceptors (Lipinski definition) is 5. The molecule has 5 nitrogen and oxygen atoms in total. The standard InChI is InChI=1S/C15H19N3O2/c1-4-20-12-7-5-11(6-8-12)15(16-2)13-9-10-14(19-3)18-17-13/h5-10,15-16H,4H2,1-3H3. The number of nitrogens with zero attached hydrogens (tertiary/aromatic N) is 2. The molecule has 5 heteroatoms. The first-order valence-electron chi connectivity index (χ1n) is 6.56. The first-order chi connectivity index (χ1) is 9.78. The van der Waals surface area contributed by atoms with Gasteiger partial charge in [0.25, 0.3) is 0 Å². The van der Waals surface area contributed by atoms with Gasteiger partial charge in [0.2, 0.25) is 5.88 Å². The van der Waals surface area contributed by atoms with E-state index in [0.29, 0.717) is 12.5 Å². The number of rotatable bonds is 6. The number of benzene rings is 1. The van der Waals surface area contributed by atoms with E-state index in [2.05, 4.69) is 15.5 Å². The van der Waals surface area contributed by atoms with Gasteiger partial charge in [-0.25, -0.2) is 0 Å². The molecule has 2 rings (SSSR count). The second-order valence-corrected chi connectivity index (χ2v) is 4.22. The van der Waals surface area contributed by atoms with Crippen LogP contribution in [0.25, 0.3) is 0 Å². The Morgan fingerprint density at radius 3 is 2.35 bits per heavy atom. The normalized spacial score (nSPS) is 11.9. The van der Waals surface area contributed by atoms with Gasteiger partial charge in [-0.1, -0.05) is 12.1 Å². The van der Waals surface area contributed by atoms with Gasteiger partial charge in [0.05, 0.1) is 25.5 Å². The summed E-state index contributed by atoms with van der Waals surface area (Å²) in [6.07, 6.45) is 0. The monoisotopic (exact) mass is 273 g/mol. The quantitative estimate of drug-likeness (QED) is 0.874. The van der Waals surface area contributed by atoms with Crippen molar-refractivity contribution in [3.05, 3.63) is 47.7 Å². The molecule has 0 saturated carbocycles. The predicted molar refractivity (Wildman–Crippen MR) is 77.1 cm³/mol. The Morgan fingerprint density at radius 1 is 1.10 bits per heavy atom. The molecule has 1 unspecified atom stereocenters. The number of hydrogen-bond donors (Lipinski definition) is 1. The Hall–Kier alpha value is -2.14. The van der Waals surface area contributed by atoms with E-state index in [4.69, 9.17) is 9.47 Å². The third-order valence-corrected chi connectivity index (χ3v) is 2.98. The smallest absolute Gasteiger partial charge is 0.233 e. The fraction of sp³-hybridized carbons (Fsp3) is 0.333. The van der Waals surface area contributed by atoms with Crippen LogP contribution < -0.4 is 14.8 Å². The maximum atomic E-state index is 5.45. The van der Waals surface area contributed by atoms with Crippen LogP contribution in [-0.2, 0) is 0 Å². The highest BCUT2D eigenvalue weighted by molar-refractivity contribution is 5.33. The molecule has 0 spiro atoms. The Morgan fingerprint density at radius 2 is 1.85 bits per heavy atom. The Labute approximate surface area is 118 Å². The molecule has 0 aliphatic rings. The van der Waals surface area contributed by atoms with E-state index in [9.17, 15) is 0 Å². The van der Waals surface area contributed by atoms with Crippen LogP contribution in [0.1, 0.15) is 24.2 Å². The molecule has 0 aliphatic heterocycles. The van der Waals surface area contributed by atoms with Crippen molar-refractivity contribution < 1.29 is 9.47 Å². The zero-order valence-electron chi connectivity index (χ0n) is 12.0. The molecular weight excluding hydrogens is 254 g/mol. The first-order valence-corrected chi connectivity index (χ1v) is 6.56. The fourth-order valence-corrected chi connectivity index (χ4v) is 2.00. The minimum absolute atomic E-state index is 0.0101. The van der Waals surface area contributed by atoms with Crippen molar-refractivity contribution >= 4 is 0 Å². The zero-order chi connectivity index (χ0) is 14.4.